The number of hydrogen-bond acceptors (Lipinski definition) is 7. The minimum atomic E-state index is -1.77. The topological polar surface area (TPSA) is 117 Å². The number of fused-ring (bicyclic) bond motifs is 1. The van der Waals surface area contributed by atoms with E-state index in [1.807, 2.05) is 6.08 Å². The number of methoxy groups -OCH3 is 2. The summed E-state index contributed by atoms with van der Waals surface area (Å²) in [6, 6.07) is 11.7. The summed E-state index contributed by atoms with van der Waals surface area (Å²) in [6.07, 6.45) is 2.98. The molecule has 154 valence electrons. The van der Waals surface area contributed by atoms with Crippen LogP contribution in [0, 0.1) is 56.7 Å². The number of ether oxygens (including phenoxy) is 2. The van der Waals surface area contributed by atoms with Gasteiger partial charge in [-0.3, -0.25) is 4.90 Å². The Morgan fingerprint density at radius 1 is 1.20 bits per heavy atom. The zero-order valence-corrected chi connectivity index (χ0v) is 17.5. The Balaban J connectivity index is 2.29. The highest BCUT2D eigenvalue weighted by Crippen LogP contribution is 2.55. The van der Waals surface area contributed by atoms with Crippen LogP contribution in [-0.4, -0.2) is 44.5 Å². The van der Waals surface area contributed by atoms with Crippen LogP contribution in [0.15, 0.2) is 29.8 Å². The molecule has 0 bridgehead atoms. The maximum absolute atomic E-state index is 10.2. The highest BCUT2D eigenvalue weighted by molar-refractivity contribution is 6.01. The smallest absolute Gasteiger partial charge is 0.189 e. The van der Waals surface area contributed by atoms with E-state index in [-0.39, 0.29) is 11.6 Å². The highest BCUT2D eigenvalue weighted by atomic mass is 16.5. The number of benzene rings is 1. The lowest BCUT2D eigenvalue weighted by Gasteiger charge is -2.48. The quantitative estimate of drug-likeness (QED) is 0.754. The minimum Gasteiger partial charge on any atom is -0.497 e. The van der Waals surface area contributed by atoms with Gasteiger partial charge in [-0.05, 0) is 36.7 Å². The molecule has 1 aromatic rings. The standard InChI is InChI=1S/C23H25N5O2/c1-4-8-28-9-7-16-18(11-24)22(27)23(13-25,14-26)21(19(16)12-28)17-10-15(29-2)5-6-20(17)30-3/h5-7,10,18-19,21,27H,4,8-9,12H2,1-3H3/t18?,19-,21+/m0/s1. The molecule has 1 fully saturated rings. The summed E-state index contributed by atoms with van der Waals surface area (Å²) in [7, 11) is 3.09. The Labute approximate surface area is 177 Å². The van der Waals surface area contributed by atoms with Gasteiger partial charge in [0.2, 0.25) is 0 Å². The van der Waals surface area contributed by atoms with Crippen LogP contribution in [0.5, 0.6) is 11.5 Å². The molecule has 1 N–H and O–H groups in total. The second-order valence-electron chi connectivity index (χ2n) is 7.66. The summed E-state index contributed by atoms with van der Waals surface area (Å²) in [5.41, 5.74) is -0.449. The normalized spacial score (nSPS) is 25.1. The zero-order chi connectivity index (χ0) is 21.9. The van der Waals surface area contributed by atoms with Gasteiger partial charge < -0.3 is 14.9 Å². The first-order valence-electron chi connectivity index (χ1n) is 9.96. The van der Waals surface area contributed by atoms with E-state index in [4.69, 9.17) is 14.9 Å². The summed E-state index contributed by atoms with van der Waals surface area (Å²) in [6.45, 7) is 4.29. The van der Waals surface area contributed by atoms with Gasteiger partial charge in [0.25, 0.3) is 0 Å². The van der Waals surface area contributed by atoms with Crippen LogP contribution in [0.1, 0.15) is 24.8 Å². The molecule has 0 amide bonds. The van der Waals surface area contributed by atoms with Crippen LogP contribution in [-0.2, 0) is 0 Å². The molecule has 30 heavy (non-hydrogen) atoms. The predicted molar refractivity (Wildman–Crippen MR) is 111 cm³/mol. The molecule has 0 spiro atoms. The summed E-state index contributed by atoms with van der Waals surface area (Å²) < 4.78 is 11.0. The van der Waals surface area contributed by atoms with Crippen molar-refractivity contribution in [2.24, 2.45) is 17.3 Å². The molecule has 1 heterocycles. The number of rotatable bonds is 5. The van der Waals surface area contributed by atoms with Crippen molar-refractivity contribution in [1.82, 2.24) is 4.90 Å². The third kappa shape index (κ3) is 3.20. The van der Waals surface area contributed by atoms with E-state index in [0.29, 0.717) is 30.2 Å². The van der Waals surface area contributed by atoms with Gasteiger partial charge in [0.1, 0.15) is 17.4 Å². The van der Waals surface area contributed by atoms with Crippen molar-refractivity contribution < 1.29 is 9.47 Å². The molecule has 0 aromatic heterocycles. The molecule has 1 aromatic carbocycles. The molecule has 7 heteroatoms. The van der Waals surface area contributed by atoms with Crippen LogP contribution >= 0.6 is 0 Å². The van der Waals surface area contributed by atoms with Crippen molar-refractivity contribution in [1.29, 1.82) is 21.2 Å². The minimum absolute atomic E-state index is 0.156. The Morgan fingerprint density at radius 2 is 1.93 bits per heavy atom. The molecule has 1 aliphatic carbocycles. The van der Waals surface area contributed by atoms with E-state index in [1.165, 1.54) is 0 Å². The van der Waals surface area contributed by atoms with Crippen molar-refractivity contribution in [3.05, 3.63) is 35.4 Å². The van der Waals surface area contributed by atoms with Crippen molar-refractivity contribution in [3.63, 3.8) is 0 Å². The van der Waals surface area contributed by atoms with Crippen LogP contribution in [0.25, 0.3) is 0 Å². The Bertz CT molecular complexity index is 980. The third-order valence-corrected chi connectivity index (χ3v) is 6.18. The monoisotopic (exact) mass is 403 g/mol. The van der Waals surface area contributed by atoms with Crippen molar-refractivity contribution in [3.8, 4) is 29.7 Å². The van der Waals surface area contributed by atoms with Gasteiger partial charge in [-0.2, -0.15) is 15.8 Å². The summed E-state index contributed by atoms with van der Waals surface area (Å²) in [5.74, 6) is -0.669. The molecule has 0 radical (unpaired) electrons. The average Bonchev–Trinajstić information content (AvgIpc) is 2.78. The fourth-order valence-electron chi connectivity index (χ4n) is 4.79. The molecular formula is C23H25N5O2. The molecule has 7 nitrogen and oxygen atoms in total. The predicted octanol–water partition coefficient (Wildman–Crippen LogP) is 3.26. The SMILES string of the molecule is CCCN1CC=C2C(C#N)C(=N)C(C#N)(C#N)[C@H](c3cc(OC)ccc3OC)[C@H]2C1. The molecule has 2 aliphatic rings. The van der Waals surface area contributed by atoms with Crippen molar-refractivity contribution in [2.75, 3.05) is 33.9 Å². The highest BCUT2D eigenvalue weighted by Gasteiger charge is 2.58. The van der Waals surface area contributed by atoms with Crippen LogP contribution in [0.4, 0.5) is 0 Å². The average molecular weight is 403 g/mol. The number of nitrogens with zero attached hydrogens (tertiary/aromatic N) is 4. The van der Waals surface area contributed by atoms with Crippen LogP contribution < -0.4 is 9.47 Å². The van der Waals surface area contributed by atoms with Crippen LogP contribution in [0.3, 0.4) is 0 Å². The molecule has 0 saturated heterocycles. The zero-order valence-electron chi connectivity index (χ0n) is 17.5. The van der Waals surface area contributed by atoms with E-state index in [9.17, 15) is 15.8 Å². The van der Waals surface area contributed by atoms with Gasteiger partial charge >= 0.3 is 0 Å². The maximum atomic E-state index is 10.2. The first kappa shape index (κ1) is 21.4. The summed E-state index contributed by atoms with van der Waals surface area (Å²) in [5, 5.41) is 38.9. The lowest BCUT2D eigenvalue weighted by Crippen LogP contribution is -2.53. The summed E-state index contributed by atoms with van der Waals surface area (Å²) in [4.78, 5) is 2.26. The number of nitrogens with one attached hydrogen (secondary N) is 1. The van der Waals surface area contributed by atoms with Gasteiger partial charge in [0, 0.05) is 30.5 Å². The number of hydrogen-bond donors (Lipinski definition) is 1. The first-order valence-corrected chi connectivity index (χ1v) is 9.96. The van der Waals surface area contributed by atoms with Gasteiger partial charge in [-0.15, -0.1) is 0 Å². The lowest BCUT2D eigenvalue weighted by molar-refractivity contribution is 0.202. The second kappa shape index (κ2) is 8.57. The first-order chi connectivity index (χ1) is 14.5. The van der Waals surface area contributed by atoms with E-state index >= 15 is 0 Å². The Kier molecular flexibility index (Phi) is 6.11. The fraction of sp³-hybridized carbons (Fsp3) is 0.478. The molecular weight excluding hydrogens is 378 g/mol. The van der Waals surface area contributed by atoms with Crippen molar-refractivity contribution in [2.45, 2.75) is 19.3 Å². The summed E-state index contributed by atoms with van der Waals surface area (Å²) >= 11 is 0. The third-order valence-electron chi connectivity index (χ3n) is 6.18. The lowest BCUT2D eigenvalue weighted by atomic mass is 9.54. The molecule has 1 aliphatic heterocycles. The van der Waals surface area contributed by atoms with Crippen molar-refractivity contribution >= 4 is 5.71 Å². The largest absolute Gasteiger partial charge is 0.497 e. The maximum Gasteiger partial charge on any atom is 0.189 e. The van der Waals surface area contributed by atoms with E-state index in [2.05, 4.69) is 30.0 Å². The Morgan fingerprint density at radius 3 is 2.50 bits per heavy atom. The molecule has 3 rings (SSSR count). The van der Waals surface area contributed by atoms with E-state index in [1.54, 1.807) is 32.4 Å². The molecule has 3 atom stereocenters. The van der Waals surface area contributed by atoms with E-state index in [0.717, 1.165) is 18.5 Å². The molecule has 1 unspecified atom stereocenters. The van der Waals surface area contributed by atoms with Gasteiger partial charge in [0.15, 0.2) is 5.41 Å². The van der Waals surface area contributed by atoms with Gasteiger partial charge in [-0.25, -0.2) is 0 Å². The van der Waals surface area contributed by atoms with Crippen LogP contribution in [0.2, 0.25) is 0 Å². The van der Waals surface area contributed by atoms with E-state index < -0.39 is 17.3 Å². The van der Waals surface area contributed by atoms with Gasteiger partial charge in [0.05, 0.1) is 38.1 Å². The number of nitriles is 3. The second-order valence-corrected chi connectivity index (χ2v) is 7.66. The Hall–Kier alpha value is -3.34. The van der Waals surface area contributed by atoms with Gasteiger partial charge in [-0.1, -0.05) is 13.0 Å². The molecule has 1 saturated carbocycles. The fourth-order valence-corrected chi connectivity index (χ4v) is 4.79.